The third-order valence-electron chi connectivity index (χ3n) is 5.64. The molecule has 0 aromatic carbocycles. The predicted molar refractivity (Wildman–Crippen MR) is 124 cm³/mol. The van der Waals surface area contributed by atoms with Gasteiger partial charge in [0.25, 0.3) is 0 Å². The van der Waals surface area contributed by atoms with Gasteiger partial charge in [-0.1, -0.05) is 17.7 Å². The van der Waals surface area contributed by atoms with Crippen LogP contribution in [0.15, 0.2) is 36.8 Å². The number of nitrogens with zero attached hydrogens (tertiary/aromatic N) is 6. The molecule has 1 N–H and O–H groups in total. The summed E-state index contributed by atoms with van der Waals surface area (Å²) in [5, 5.41) is 9.40. The highest BCUT2D eigenvalue weighted by Crippen LogP contribution is 2.44. The van der Waals surface area contributed by atoms with Crippen LogP contribution in [0.4, 0.5) is 5.95 Å². The molecular formula is C21H26ClN7O2S. The van der Waals surface area contributed by atoms with Crippen molar-refractivity contribution in [2.24, 2.45) is 0 Å². The summed E-state index contributed by atoms with van der Waals surface area (Å²) in [5.41, 5.74) is 0.579. The first-order chi connectivity index (χ1) is 15.6. The van der Waals surface area contributed by atoms with Crippen LogP contribution in [0.1, 0.15) is 38.1 Å². The maximum absolute atomic E-state index is 5.92. The number of hydrogen-bond donors (Lipinski definition) is 1. The van der Waals surface area contributed by atoms with E-state index in [-0.39, 0.29) is 16.9 Å². The zero-order valence-corrected chi connectivity index (χ0v) is 19.8. The normalized spacial score (nSPS) is 16.9. The molecule has 9 nitrogen and oxygen atoms in total. The summed E-state index contributed by atoms with van der Waals surface area (Å²) in [6, 6.07) is 5.78. The van der Waals surface area contributed by atoms with Gasteiger partial charge in [0.15, 0.2) is 11.6 Å². The van der Waals surface area contributed by atoms with Crippen molar-refractivity contribution in [3.8, 4) is 11.5 Å². The molecule has 0 saturated heterocycles. The molecular weight excluding hydrogens is 450 g/mol. The fourth-order valence-corrected chi connectivity index (χ4v) is 4.81. The Morgan fingerprint density at radius 3 is 2.56 bits per heavy atom. The van der Waals surface area contributed by atoms with E-state index in [1.807, 2.05) is 25.1 Å². The minimum atomic E-state index is -0.326. The van der Waals surface area contributed by atoms with Crippen LogP contribution in [0.3, 0.4) is 0 Å². The van der Waals surface area contributed by atoms with Crippen LogP contribution >= 0.6 is 23.5 Å². The molecule has 32 heavy (non-hydrogen) atoms. The summed E-state index contributed by atoms with van der Waals surface area (Å²) in [6.07, 6.45) is 7.69. The fraction of sp³-hybridized carbons (Fsp3) is 0.476. The summed E-state index contributed by atoms with van der Waals surface area (Å²) >= 11 is 7.40. The molecule has 4 rings (SSSR count). The van der Waals surface area contributed by atoms with Gasteiger partial charge in [-0.25, -0.2) is 9.97 Å². The highest BCUT2D eigenvalue weighted by molar-refractivity contribution is 8.01. The maximum atomic E-state index is 5.92. The van der Waals surface area contributed by atoms with Crippen molar-refractivity contribution in [2.75, 3.05) is 25.5 Å². The average molecular weight is 476 g/mol. The van der Waals surface area contributed by atoms with Gasteiger partial charge in [0.1, 0.15) is 11.8 Å². The van der Waals surface area contributed by atoms with Crippen LogP contribution in [0.5, 0.6) is 0 Å². The number of nitrogens with one attached hydrogen (secondary N) is 1. The van der Waals surface area contributed by atoms with Gasteiger partial charge in [-0.2, -0.15) is 0 Å². The van der Waals surface area contributed by atoms with Crippen LogP contribution in [-0.4, -0.2) is 55.8 Å². The van der Waals surface area contributed by atoms with Gasteiger partial charge in [0, 0.05) is 32.8 Å². The molecule has 0 spiro atoms. The van der Waals surface area contributed by atoms with Crippen molar-refractivity contribution in [3.63, 3.8) is 0 Å². The molecule has 2 unspecified atom stereocenters. The molecule has 3 aromatic heterocycles. The lowest BCUT2D eigenvalue weighted by molar-refractivity contribution is 0.0299. The second-order valence-corrected chi connectivity index (χ2v) is 9.37. The quantitative estimate of drug-likeness (QED) is 0.433. The standard InChI is InChI=1S/C21H26ClN7O2S/c1-14(17(31-3)18-24-11-15(22)12-25-18)32-28-20-27-26-19(16-7-4-5-10-23-16)29(20)21(13-30-2)8-6-9-21/h4-5,7,10-12,14,17H,6,8-9,13H2,1-3H3,(H,27,28). The van der Waals surface area contributed by atoms with E-state index < -0.39 is 0 Å². The smallest absolute Gasteiger partial charge is 0.235 e. The molecule has 1 aliphatic carbocycles. The fourth-order valence-electron chi connectivity index (χ4n) is 3.93. The Morgan fingerprint density at radius 1 is 1.19 bits per heavy atom. The van der Waals surface area contributed by atoms with Gasteiger partial charge in [0.2, 0.25) is 5.95 Å². The van der Waals surface area contributed by atoms with Crippen molar-refractivity contribution < 1.29 is 9.47 Å². The van der Waals surface area contributed by atoms with Crippen molar-refractivity contribution in [2.45, 2.75) is 43.1 Å². The Labute approximate surface area is 196 Å². The Balaban J connectivity index is 1.59. The number of aromatic nitrogens is 6. The van der Waals surface area contributed by atoms with Crippen LogP contribution in [0, 0.1) is 0 Å². The Kier molecular flexibility index (Phi) is 7.24. The minimum absolute atomic E-state index is 0.0237. The van der Waals surface area contributed by atoms with Gasteiger partial charge in [-0.15, -0.1) is 10.2 Å². The Bertz CT molecular complexity index is 1010. The van der Waals surface area contributed by atoms with Gasteiger partial charge >= 0.3 is 0 Å². The maximum Gasteiger partial charge on any atom is 0.235 e. The number of halogens is 1. The predicted octanol–water partition coefficient (Wildman–Crippen LogP) is 4.15. The third-order valence-corrected chi connectivity index (χ3v) is 6.75. The number of ether oxygens (including phenoxy) is 2. The van der Waals surface area contributed by atoms with E-state index in [2.05, 4.69) is 34.4 Å². The van der Waals surface area contributed by atoms with E-state index in [4.69, 9.17) is 21.1 Å². The van der Waals surface area contributed by atoms with Crippen LogP contribution in [-0.2, 0) is 15.0 Å². The van der Waals surface area contributed by atoms with E-state index in [1.54, 1.807) is 32.8 Å². The molecule has 0 amide bonds. The molecule has 3 aromatic rings. The molecule has 0 bridgehead atoms. The van der Waals surface area contributed by atoms with E-state index in [0.717, 1.165) is 30.8 Å². The number of methoxy groups -OCH3 is 2. The van der Waals surface area contributed by atoms with Gasteiger partial charge in [0.05, 0.1) is 22.4 Å². The molecule has 0 radical (unpaired) electrons. The SMILES string of the molecule is COCC1(n2c(NSC(C)C(OC)c3ncc(Cl)cn3)nnc2-c2ccccn2)CCC1. The highest BCUT2D eigenvalue weighted by atomic mass is 35.5. The van der Waals surface area contributed by atoms with Crippen LogP contribution < -0.4 is 4.72 Å². The van der Waals surface area contributed by atoms with Crippen molar-refractivity contribution >= 4 is 29.5 Å². The summed E-state index contributed by atoms with van der Waals surface area (Å²) in [5.74, 6) is 1.96. The summed E-state index contributed by atoms with van der Waals surface area (Å²) in [7, 11) is 3.37. The first-order valence-corrected chi connectivity index (χ1v) is 11.6. The summed E-state index contributed by atoms with van der Waals surface area (Å²) in [4.78, 5) is 13.1. The lowest BCUT2D eigenvalue weighted by atomic mass is 9.77. The van der Waals surface area contributed by atoms with Gasteiger partial charge in [-0.05, 0) is 50.3 Å². The minimum Gasteiger partial charge on any atom is -0.382 e. The van der Waals surface area contributed by atoms with Crippen LogP contribution in [0.25, 0.3) is 11.5 Å². The second kappa shape index (κ2) is 10.1. The van der Waals surface area contributed by atoms with E-state index >= 15 is 0 Å². The molecule has 3 heterocycles. The number of rotatable bonds is 10. The summed E-state index contributed by atoms with van der Waals surface area (Å²) in [6.45, 7) is 2.62. The molecule has 1 saturated carbocycles. The summed E-state index contributed by atoms with van der Waals surface area (Å²) < 4.78 is 16.8. The molecule has 170 valence electrons. The number of pyridine rings is 1. The van der Waals surface area contributed by atoms with E-state index in [0.29, 0.717) is 23.4 Å². The monoisotopic (exact) mass is 475 g/mol. The zero-order chi connectivity index (χ0) is 22.6. The molecule has 1 aliphatic rings. The first-order valence-electron chi connectivity index (χ1n) is 10.4. The Hall–Kier alpha value is -2.27. The van der Waals surface area contributed by atoms with Gasteiger partial charge in [-0.3, -0.25) is 14.3 Å². The van der Waals surface area contributed by atoms with Crippen molar-refractivity contribution in [1.29, 1.82) is 0 Å². The van der Waals surface area contributed by atoms with Crippen molar-refractivity contribution in [3.05, 3.63) is 47.6 Å². The third kappa shape index (κ3) is 4.59. The van der Waals surface area contributed by atoms with E-state index in [1.165, 1.54) is 11.9 Å². The largest absolute Gasteiger partial charge is 0.382 e. The first kappa shape index (κ1) is 22.9. The zero-order valence-electron chi connectivity index (χ0n) is 18.2. The molecule has 2 atom stereocenters. The molecule has 1 fully saturated rings. The Morgan fingerprint density at radius 2 is 1.97 bits per heavy atom. The van der Waals surface area contributed by atoms with E-state index in [9.17, 15) is 0 Å². The molecule has 11 heteroatoms. The molecule has 0 aliphatic heterocycles. The lowest BCUT2D eigenvalue weighted by Crippen LogP contribution is -2.45. The highest BCUT2D eigenvalue weighted by Gasteiger charge is 2.43. The number of hydrogen-bond acceptors (Lipinski definition) is 9. The second-order valence-electron chi connectivity index (χ2n) is 7.75. The lowest BCUT2D eigenvalue weighted by Gasteiger charge is -2.43. The van der Waals surface area contributed by atoms with Gasteiger partial charge < -0.3 is 9.47 Å². The van der Waals surface area contributed by atoms with Crippen LogP contribution in [0.2, 0.25) is 5.02 Å². The average Bonchev–Trinajstić information content (AvgIpc) is 3.21. The van der Waals surface area contributed by atoms with Crippen molar-refractivity contribution in [1.82, 2.24) is 29.7 Å². The number of anilines is 1. The topological polar surface area (TPSA) is 99.9 Å².